The van der Waals surface area contributed by atoms with Crippen molar-refractivity contribution in [3.05, 3.63) is 59.1 Å². The maximum atomic E-state index is 12.8. The predicted molar refractivity (Wildman–Crippen MR) is 90.4 cm³/mol. The van der Waals surface area contributed by atoms with Crippen molar-refractivity contribution in [1.82, 2.24) is 4.90 Å². The van der Waals surface area contributed by atoms with Gasteiger partial charge in [-0.25, -0.2) is 0 Å². The smallest absolute Gasteiger partial charge is 0.254 e. The summed E-state index contributed by atoms with van der Waals surface area (Å²) >= 11 is 5.87. The van der Waals surface area contributed by atoms with E-state index >= 15 is 0 Å². The normalized spacial score (nSPS) is 22.0. The van der Waals surface area contributed by atoms with E-state index in [0.29, 0.717) is 35.0 Å². The monoisotopic (exact) mass is 342 g/mol. The summed E-state index contributed by atoms with van der Waals surface area (Å²) in [7, 11) is 0. The zero-order valence-electron chi connectivity index (χ0n) is 12.7. The summed E-state index contributed by atoms with van der Waals surface area (Å²) < 4.78 is 5.98. The molecule has 1 N–H and O–H groups in total. The summed E-state index contributed by atoms with van der Waals surface area (Å²) in [6, 6.07) is 13.4. The molecule has 0 spiro atoms. The molecule has 24 heavy (non-hydrogen) atoms. The van der Waals surface area contributed by atoms with Crippen LogP contribution >= 0.6 is 11.6 Å². The number of hydrogen-bond acceptors (Lipinski definition) is 3. The molecule has 6 heteroatoms. The van der Waals surface area contributed by atoms with Crippen LogP contribution in [0.1, 0.15) is 16.8 Å². The van der Waals surface area contributed by atoms with Gasteiger partial charge in [0.05, 0.1) is 12.2 Å². The molecule has 0 saturated carbocycles. The van der Waals surface area contributed by atoms with Crippen molar-refractivity contribution in [3.63, 3.8) is 0 Å². The third-order valence-electron chi connectivity index (χ3n) is 4.36. The molecule has 2 aromatic rings. The Bertz CT molecular complexity index is 806. The number of fused-ring (bicyclic) bond motifs is 3. The summed E-state index contributed by atoms with van der Waals surface area (Å²) in [5, 5.41) is 3.42. The number of carbonyl (C=O) groups excluding carboxylic acids is 2. The number of nitrogens with zero attached hydrogens (tertiary/aromatic N) is 1. The van der Waals surface area contributed by atoms with Crippen LogP contribution in [0.5, 0.6) is 5.75 Å². The third-order valence-corrected chi connectivity index (χ3v) is 4.61. The van der Waals surface area contributed by atoms with Crippen LogP contribution in [0.4, 0.5) is 5.69 Å². The van der Waals surface area contributed by atoms with Crippen LogP contribution in [0.25, 0.3) is 0 Å². The predicted octanol–water partition coefficient (Wildman–Crippen LogP) is 2.95. The third kappa shape index (κ3) is 2.61. The van der Waals surface area contributed by atoms with Gasteiger partial charge in [0, 0.05) is 17.0 Å². The first-order valence-corrected chi connectivity index (χ1v) is 8.13. The number of para-hydroxylation sites is 2. The van der Waals surface area contributed by atoms with Gasteiger partial charge in [-0.05, 0) is 36.4 Å². The molecular formula is C18H15ClN2O3. The lowest BCUT2D eigenvalue weighted by molar-refractivity contribution is -0.119. The van der Waals surface area contributed by atoms with Crippen molar-refractivity contribution in [3.8, 4) is 5.75 Å². The van der Waals surface area contributed by atoms with Crippen molar-refractivity contribution >= 4 is 29.1 Å². The van der Waals surface area contributed by atoms with E-state index in [1.54, 1.807) is 35.2 Å². The van der Waals surface area contributed by atoms with Crippen molar-refractivity contribution in [1.29, 1.82) is 0 Å². The number of rotatable bonds is 1. The van der Waals surface area contributed by atoms with Crippen molar-refractivity contribution in [2.75, 3.05) is 11.9 Å². The number of amides is 2. The van der Waals surface area contributed by atoms with Crippen LogP contribution < -0.4 is 10.1 Å². The fraction of sp³-hybridized carbons (Fsp3) is 0.222. The minimum Gasteiger partial charge on any atom is -0.486 e. The second-order valence-corrected chi connectivity index (χ2v) is 6.38. The summed E-state index contributed by atoms with van der Waals surface area (Å²) in [5.74, 6) is 0.259. The summed E-state index contributed by atoms with van der Waals surface area (Å²) in [6.45, 7) is 0.383. The van der Waals surface area contributed by atoms with E-state index in [-0.39, 0.29) is 17.9 Å². The lowest BCUT2D eigenvalue weighted by Crippen LogP contribution is -2.43. The van der Waals surface area contributed by atoms with E-state index in [1.807, 2.05) is 18.2 Å². The van der Waals surface area contributed by atoms with E-state index in [0.717, 1.165) is 0 Å². The maximum Gasteiger partial charge on any atom is 0.254 e. The first-order valence-electron chi connectivity index (χ1n) is 7.75. The highest BCUT2D eigenvalue weighted by atomic mass is 35.5. The van der Waals surface area contributed by atoms with E-state index < -0.39 is 6.04 Å². The van der Waals surface area contributed by atoms with Gasteiger partial charge >= 0.3 is 0 Å². The quantitative estimate of drug-likeness (QED) is 0.866. The number of anilines is 1. The fourth-order valence-corrected chi connectivity index (χ4v) is 3.31. The molecule has 0 radical (unpaired) electrons. The number of halogens is 1. The Balaban J connectivity index is 1.63. The minimum atomic E-state index is -0.536. The van der Waals surface area contributed by atoms with Crippen LogP contribution in [0, 0.1) is 0 Å². The molecule has 2 aliphatic heterocycles. The van der Waals surface area contributed by atoms with E-state index in [1.165, 1.54) is 0 Å². The number of benzene rings is 2. The maximum absolute atomic E-state index is 12.8. The SMILES string of the molecule is O=C1Nc2ccccc2OC2CC1N(C(=O)c1ccc(Cl)cc1)C2. The molecule has 1 fully saturated rings. The van der Waals surface area contributed by atoms with Gasteiger partial charge in [0.25, 0.3) is 5.91 Å². The lowest BCUT2D eigenvalue weighted by Gasteiger charge is -2.23. The summed E-state index contributed by atoms with van der Waals surface area (Å²) in [5.41, 5.74) is 1.15. The van der Waals surface area contributed by atoms with Crippen LogP contribution in [0.3, 0.4) is 0 Å². The Morgan fingerprint density at radius 1 is 1.17 bits per heavy atom. The standard InChI is InChI=1S/C18H15ClN2O3/c19-12-7-5-11(6-8-12)18(23)21-10-13-9-15(21)17(22)20-14-3-1-2-4-16(14)24-13/h1-8,13,15H,9-10H2,(H,20,22). The molecule has 2 bridgehead atoms. The molecule has 5 nitrogen and oxygen atoms in total. The number of nitrogens with one attached hydrogen (secondary N) is 1. The number of likely N-dealkylation sites (tertiary alicyclic amines) is 1. The first kappa shape index (κ1) is 15.0. The molecule has 4 rings (SSSR count). The van der Waals surface area contributed by atoms with Crippen molar-refractivity contribution < 1.29 is 14.3 Å². The largest absolute Gasteiger partial charge is 0.486 e. The molecule has 0 aromatic heterocycles. The average molecular weight is 343 g/mol. The fourth-order valence-electron chi connectivity index (χ4n) is 3.18. The van der Waals surface area contributed by atoms with Gasteiger partial charge in [-0.1, -0.05) is 23.7 Å². The minimum absolute atomic E-state index is 0.185. The van der Waals surface area contributed by atoms with Crippen LogP contribution in [-0.2, 0) is 4.79 Å². The lowest BCUT2D eigenvalue weighted by atomic mass is 10.1. The summed E-state index contributed by atoms with van der Waals surface area (Å²) in [6.07, 6.45) is 0.290. The van der Waals surface area contributed by atoms with Crippen molar-refractivity contribution in [2.24, 2.45) is 0 Å². The molecule has 2 heterocycles. The Morgan fingerprint density at radius 2 is 1.92 bits per heavy atom. The Labute approximate surface area is 144 Å². The Kier molecular flexibility index (Phi) is 3.65. The van der Waals surface area contributed by atoms with Gasteiger partial charge in [-0.15, -0.1) is 0 Å². The van der Waals surface area contributed by atoms with Crippen LogP contribution in [0.2, 0.25) is 5.02 Å². The molecule has 2 aromatic carbocycles. The van der Waals surface area contributed by atoms with Crippen LogP contribution in [0.15, 0.2) is 48.5 Å². The number of ether oxygens (including phenoxy) is 1. The van der Waals surface area contributed by atoms with E-state index in [2.05, 4.69) is 5.32 Å². The highest BCUT2D eigenvalue weighted by Gasteiger charge is 2.42. The molecular weight excluding hydrogens is 328 g/mol. The van der Waals surface area contributed by atoms with Gasteiger partial charge in [-0.3, -0.25) is 9.59 Å². The van der Waals surface area contributed by atoms with Gasteiger partial charge in [-0.2, -0.15) is 0 Å². The topological polar surface area (TPSA) is 58.6 Å². The highest BCUT2D eigenvalue weighted by molar-refractivity contribution is 6.30. The summed E-state index contributed by atoms with van der Waals surface area (Å²) in [4.78, 5) is 27.0. The zero-order chi connectivity index (χ0) is 16.7. The molecule has 1 saturated heterocycles. The zero-order valence-corrected chi connectivity index (χ0v) is 13.5. The van der Waals surface area contributed by atoms with Gasteiger partial charge in [0.15, 0.2) is 0 Å². The van der Waals surface area contributed by atoms with E-state index in [9.17, 15) is 9.59 Å². The van der Waals surface area contributed by atoms with Gasteiger partial charge in [0.2, 0.25) is 5.91 Å². The molecule has 122 valence electrons. The molecule has 2 unspecified atom stereocenters. The molecule has 2 aliphatic rings. The first-order chi connectivity index (χ1) is 11.6. The number of hydrogen-bond donors (Lipinski definition) is 1. The molecule has 0 aliphatic carbocycles. The average Bonchev–Trinajstić information content (AvgIpc) is 3.01. The van der Waals surface area contributed by atoms with Crippen molar-refractivity contribution in [2.45, 2.75) is 18.6 Å². The molecule has 2 atom stereocenters. The van der Waals surface area contributed by atoms with Crippen LogP contribution in [-0.4, -0.2) is 35.4 Å². The highest BCUT2D eigenvalue weighted by Crippen LogP contribution is 2.33. The Hall–Kier alpha value is -2.53. The Morgan fingerprint density at radius 3 is 2.71 bits per heavy atom. The number of carbonyl (C=O) groups is 2. The second-order valence-electron chi connectivity index (χ2n) is 5.94. The van der Waals surface area contributed by atoms with E-state index in [4.69, 9.17) is 16.3 Å². The second kappa shape index (κ2) is 5.83. The van der Waals surface area contributed by atoms with Gasteiger partial charge in [0.1, 0.15) is 17.9 Å². The molecule has 2 amide bonds. The van der Waals surface area contributed by atoms with Gasteiger partial charge < -0.3 is 15.0 Å².